The molecule has 2 heterocycles. The number of benzene rings is 1. The Morgan fingerprint density at radius 1 is 1.10 bits per heavy atom. The molecule has 2 N–H and O–H groups in total. The van der Waals surface area contributed by atoms with Gasteiger partial charge in [-0.05, 0) is 31.2 Å². The maximum Gasteiger partial charge on any atom is 0.573 e. The molecule has 30 heavy (non-hydrogen) atoms. The number of halogens is 3. The predicted octanol–water partition coefficient (Wildman–Crippen LogP) is 2.71. The van der Waals surface area contributed by atoms with Crippen molar-refractivity contribution < 1.29 is 22.7 Å². The molecule has 3 rings (SSSR count). The molecule has 0 spiro atoms. The summed E-state index contributed by atoms with van der Waals surface area (Å²) in [5, 5.41) is 5.20. The largest absolute Gasteiger partial charge is 0.573 e. The number of alkyl halides is 3. The van der Waals surface area contributed by atoms with Crippen LogP contribution < -0.4 is 20.3 Å². The lowest BCUT2D eigenvalue weighted by molar-refractivity contribution is -0.274. The number of carbonyl (C=O) groups excluding carboxylic acids is 1. The van der Waals surface area contributed by atoms with E-state index in [9.17, 15) is 18.0 Å². The third kappa shape index (κ3) is 7.07. The third-order valence-corrected chi connectivity index (χ3v) is 4.47. The number of amides is 2. The second kappa shape index (κ2) is 10.1. The fourth-order valence-corrected chi connectivity index (χ4v) is 3.08. The minimum atomic E-state index is -4.78. The first-order chi connectivity index (χ1) is 14.4. The summed E-state index contributed by atoms with van der Waals surface area (Å²) in [6.45, 7) is 4.74. The zero-order valence-corrected chi connectivity index (χ0v) is 16.2. The van der Waals surface area contributed by atoms with Crippen molar-refractivity contribution in [2.75, 3.05) is 49.5 Å². The average molecular weight is 424 g/mol. The van der Waals surface area contributed by atoms with E-state index in [4.69, 9.17) is 0 Å². The molecular formula is C19H23F3N6O2. The van der Waals surface area contributed by atoms with Gasteiger partial charge in [0.05, 0.1) is 0 Å². The highest BCUT2D eigenvalue weighted by molar-refractivity contribution is 5.89. The summed E-state index contributed by atoms with van der Waals surface area (Å²) < 4.78 is 40.6. The number of carbonyl (C=O) groups is 1. The van der Waals surface area contributed by atoms with Crippen LogP contribution in [-0.2, 0) is 0 Å². The van der Waals surface area contributed by atoms with Crippen LogP contribution in [0.3, 0.4) is 0 Å². The number of nitrogens with one attached hydrogen (secondary N) is 2. The second-order valence-corrected chi connectivity index (χ2v) is 6.69. The maximum atomic E-state index is 12.3. The van der Waals surface area contributed by atoms with Crippen LogP contribution in [0.2, 0.25) is 0 Å². The highest BCUT2D eigenvalue weighted by Crippen LogP contribution is 2.24. The van der Waals surface area contributed by atoms with Crippen molar-refractivity contribution in [3.63, 3.8) is 0 Å². The number of urea groups is 1. The van der Waals surface area contributed by atoms with Crippen molar-refractivity contribution >= 4 is 17.7 Å². The van der Waals surface area contributed by atoms with E-state index in [2.05, 4.69) is 35.1 Å². The standard InChI is InChI=1S/C19H23F3N6O2/c20-19(21,22)30-16-5-1-4-15(14-16)26-18(29)25-8-3-9-27-10-12-28(13-11-27)17-23-6-2-7-24-17/h1-2,4-7,14H,3,8-13H2,(H2,25,26,29). The molecule has 162 valence electrons. The van der Waals surface area contributed by atoms with E-state index in [1.54, 1.807) is 18.5 Å². The Labute approximate surface area is 172 Å². The number of hydrogen-bond donors (Lipinski definition) is 2. The molecule has 0 aliphatic carbocycles. The molecule has 2 aromatic rings. The summed E-state index contributed by atoms with van der Waals surface area (Å²) in [6, 6.07) is 6.44. The second-order valence-electron chi connectivity index (χ2n) is 6.69. The third-order valence-electron chi connectivity index (χ3n) is 4.47. The molecule has 0 unspecified atom stereocenters. The van der Waals surface area contributed by atoms with Gasteiger partial charge in [-0.15, -0.1) is 13.2 Å². The van der Waals surface area contributed by atoms with Crippen molar-refractivity contribution in [2.45, 2.75) is 12.8 Å². The Bertz CT molecular complexity index is 813. The number of anilines is 2. The van der Waals surface area contributed by atoms with E-state index in [-0.39, 0.29) is 11.4 Å². The van der Waals surface area contributed by atoms with Gasteiger partial charge in [-0.1, -0.05) is 6.07 Å². The van der Waals surface area contributed by atoms with Gasteiger partial charge in [0.25, 0.3) is 0 Å². The summed E-state index contributed by atoms with van der Waals surface area (Å²) in [4.78, 5) is 24.9. The fraction of sp³-hybridized carbons (Fsp3) is 0.421. The van der Waals surface area contributed by atoms with Crippen molar-refractivity contribution in [3.05, 3.63) is 42.7 Å². The molecule has 1 fully saturated rings. The topological polar surface area (TPSA) is 82.6 Å². The SMILES string of the molecule is O=C(NCCCN1CCN(c2ncccn2)CC1)Nc1cccc(OC(F)(F)F)c1. The Kier molecular flexibility index (Phi) is 7.28. The van der Waals surface area contributed by atoms with E-state index >= 15 is 0 Å². The number of hydrogen-bond acceptors (Lipinski definition) is 6. The molecule has 8 nitrogen and oxygen atoms in total. The smallest absolute Gasteiger partial charge is 0.406 e. The van der Waals surface area contributed by atoms with Crippen LogP contribution in [0.25, 0.3) is 0 Å². The van der Waals surface area contributed by atoms with Gasteiger partial charge in [0.2, 0.25) is 5.95 Å². The maximum absolute atomic E-state index is 12.3. The fourth-order valence-electron chi connectivity index (χ4n) is 3.08. The lowest BCUT2D eigenvalue weighted by Crippen LogP contribution is -2.47. The van der Waals surface area contributed by atoms with E-state index in [0.29, 0.717) is 6.54 Å². The number of nitrogens with zero attached hydrogens (tertiary/aromatic N) is 4. The van der Waals surface area contributed by atoms with Gasteiger partial charge >= 0.3 is 12.4 Å². The van der Waals surface area contributed by atoms with E-state index in [0.717, 1.165) is 51.2 Å². The lowest BCUT2D eigenvalue weighted by atomic mass is 10.3. The first-order valence-corrected chi connectivity index (χ1v) is 9.54. The molecular weight excluding hydrogens is 401 g/mol. The molecule has 0 saturated carbocycles. The van der Waals surface area contributed by atoms with Crippen molar-refractivity contribution in [2.24, 2.45) is 0 Å². The predicted molar refractivity (Wildman–Crippen MR) is 105 cm³/mol. The minimum absolute atomic E-state index is 0.216. The minimum Gasteiger partial charge on any atom is -0.406 e. The van der Waals surface area contributed by atoms with Gasteiger partial charge in [-0.25, -0.2) is 14.8 Å². The van der Waals surface area contributed by atoms with E-state index in [1.165, 1.54) is 18.2 Å². The van der Waals surface area contributed by atoms with Crippen LogP contribution in [0.4, 0.5) is 29.6 Å². The zero-order valence-electron chi connectivity index (χ0n) is 16.2. The first-order valence-electron chi connectivity index (χ1n) is 9.54. The summed E-state index contributed by atoms with van der Waals surface area (Å²) in [5.41, 5.74) is 0.216. The molecule has 1 aliphatic rings. The van der Waals surface area contributed by atoms with Crippen LogP contribution in [0.1, 0.15) is 6.42 Å². The van der Waals surface area contributed by atoms with Gasteiger partial charge in [0, 0.05) is 56.9 Å². The zero-order chi connectivity index (χ0) is 21.4. The van der Waals surface area contributed by atoms with Crippen LogP contribution in [-0.4, -0.2) is 66.5 Å². The Balaban J connectivity index is 1.32. The molecule has 1 aliphatic heterocycles. The van der Waals surface area contributed by atoms with E-state index in [1.807, 2.05) is 0 Å². The number of rotatable bonds is 7. The van der Waals surface area contributed by atoms with E-state index < -0.39 is 12.4 Å². The van der Waals surface area contributed by atoms with Crippen LogP contribution >= 0.6 is 0 Å². The molecule has 2 amide bonds. The lowest BCUT2D eigenvalue weighted by Gasteiger charge is -2.34. The monoisotopic (exact) mass is 424 g/mol. The number of aromatic nitrogens is 2. The van der Waals surface area contributed by atoms with Crippen LogP contribution in [0.15, 0.2) is 42.7 Å². The van der Waals surface area contributed by atoms with Crippen LogP contribution in [0.5, 0.6) is 5.75 Å². The van der Waals surface area contributed by atoms with Gasteiger partial charge in [-0.2, -0.15) is 0 Å². The normalized spacial score (nSPS) is 15.0. The van der Waals surface area contributed by atoms with Crippen molar-refractivity contribution in [3.8, 4) is 5.75 Å². The van der Waals surface area contributed by atoms with Crippen molar-refractivity contribution in [1.82, 2.24) is 20.2 Å². The number of piperazine rings is 1. The molecule has 11 heteroatoms. The molecule has 1 saturated heterocycles. The Morgan fingerprint density at radius 3 is 2.53 bits per heavy atom. The molecule has 0 atom stereocenters. The Hall–Kier alpha value is -3.08. The van der Waals surface area contributed by atoms with Crippen LogP contribution in [0, 0.1) is 0 Å². The first kappa shape index (κ1) is 21.6. The van der Waals surface area contributed by atoms with Gasteiger partial charge in [0.15, 0.2) is 0 Å². The number of ether oxygens (including phenoxy) is 1. The van der Waals surface area contributed by atoms with Crippen molar-refractivity contribution in [1.29, 1.82) is 0 Å². The highest BCUT2D eigenvalue weighted by atomic mass is 19.4. The summed E-state index contributed by atoms with van der Waals surface area (Å²) in [6.07, 6.45) is -0.566. The molecule has 1 aromatic carbocycles. The summed E-state index contributed by atoms with van der Waals surface area (Å²) in [7, 11) is 0. The Morgan fingerprint density at radius 2 is 1.83 bits per heavy atom. The highest BCUT2D eigenvalue weighted by Gasteiger charge is 2.31. The molecule has 0 radical (unpaired) electrons. The van der Waals surface area contributed by atoms with Gasteiger partial charge < -0.3 is 20.3 Å². The average Bonchev–Trinajstić information content (AvgIpc) is 2.71. The molecule has 1 aromatic heterocycles. The molecule has 0 bridgehead atoms. The van der Waals surface area contributed by atoms with Gasteiger partial charge in [0.1, 0.15) is 5.75 Å². The quantitative estimate of drug-likeness (QED) is 0.665. The summed E-state index contributed by atoms with van der Waals surface area (Å²) in [5.74, 6) is 0.348. The summed E-state index contributed by atoms with van der Waals surface area (Å²) >= 11 is 0. The van der Waals surface area contributed by atoms with Gasteiger partial charge in [-0.3, -0.25) is 4.90 Å².